The zero-order valence-electron chi connectivity index (χ0n) is 20.5. The Morgan fingerprint density at radius 1 is 1.11 bits per heavy atom. The predicted molar refractivity (Wildman–Crippen MR) is 141 cm³/mol. The van der Waals surface area contributed by atoms with Crippen molar-refractivity contribution in [1.29, 1.82) is 0 Å². The molecule has 0 aromatic heterocycles. The molecule has 0 radical (unpaired) electrons. The summed E-state index contributed by atoms with van der Waals surface area (Å²) in [5, 5.41) is 5.23. The number of carbonyl (C=O) groups excluding carboxylic acids is 3. The van der Waals surface area contributed by atoms with E-state index in [-0.39, 0.29) is 23.4 Å². The van der Waals surface area contributed by atoms with Gasteiger partial charge in [-0.15, -0.1) is 0 Å². The minimum atomic E-state index is -0.565. The average molecular weight is 495 g/mol. The number of hydrogen-bond donors (Lipinski definition) is 2. The van der Waals surface area contributed by atoms with Gasteiger partial charge in [0, 0.05) is 12.1 Å². The highest BCUT2D eigenvalue weighted by Gasteiger charge is 2.32. The molecule has 0 aliphatic carbocycles. The molecule has 0 saturated heterocycles. The Kier molecular flexibility index (Phi) is 8.70. The Hall–Kier alpha value is -3.59. The number of amidine groups is 1. The van der Waals surface area contributed by atoms with Gasteiger partial charge in [-0.2, -0.15) is 0 Å². The van der Waals surface area contributed by atoms with Gasteiger partial charge in [0.1, 0.15) is 11.4 Å². The number of amides is 4. The zero-order chi connectivity index (χ0) is 25.5. The Bertz CT molecular complexity index is 1160. The number of imide groups is 1. The lowest BCUT2D eigenvalue weighted by Crippen LogP contribution is -2.43. The van der Waals surface area contributed by atoms with Gasteiger partial charge in [-0.3, -0.25) is 19.8 Å². The Labute approximate surface area is 209 Å². The highest BCUT2D eigenvalue weighted by atomic mass is 32.2. The molecule has 0 unspecified atom stereocenters. The molecule has 3 rings (SSSR count). The van der Waals surface area contributed by atoms with Crippen molar-refractivity contribution in [2.45, 2.75) is 39.7 Å². The van der Waals surface area contributed by atoms with Gasteiger partial charge in [0.05, 0.1) is 18.6 Å². The van der Waals surface area contributed by atoms with E-state index in [0.717, 1.165) is 17.3 Å². The quantitative estimate of drug-likeness (QED) is 0.551. The molecule has 4 amide bonds. The maximum absolute atomic E-state index is 13.4. The summed E-state index contributed by atoms with van der Waals surface area (Å²) >= 11 is 1.08. The summed E-state index contributed by atoms with van der Waals surface area (Å²) in [5.41, 5.74) is 2.87. The zero-order valence-corrected chi connectivity index (χ0v) is 21.3. The summed E-state index contributed by atoms with van der Waals surface area (Å²) in [6.07, 6.45) is 1.73. The first-order valence-electron chi connectivity index (χ1n) is 11.3. The van der Waals surface area contributed by atoms with E-state index in [1.807, 2.05) is 24.3 Å². The lowest BCUT2D eigenvalue weighted by Gasteiger charge is -2.18. The van der Waals surface area contributed by atoms with Crippen molar-refractivity contribution in [3.8, 4) is 5.75 Å². The Morgan fingerprint density at radius 3 is 2.46 bits per heavy atom. The van der Waals surface area contributed by atoms with Crippen LogP contribution in [0.1, 0.15) is 44.7 Å². The molecular formula is C26H30N4O4S. The molecule has 35 heavy (non-hydrogen) atoms. The maximum atomic E-state index is 13.4. The highest BCUT2D eigenvalue weighted by Crippen LogP contribution is 2.31. The number of aliphatic imine (C=N–C) groups is 1. The molecule has 0 saturated carbocycles. The lowest BCUT2D eigenvalue weighted by atomic mass is 10.0. The van der Waals surface area contributed by atoms with Gasteiger partial charge in [0.2, 0.25) is 5.91 Å². The first-order valence-corrected chi connectivity index (χ1v) is 12.3. The molecule has 0 fully saturated rings. The second kappa shape index (κ2) is 11.7. The summed E-state index contributed by atoms with van der Waals surface area (Å²) < 4.78 is 5.30. The molecule has 1 aliphatic rings. The Balaban J connectivity index is 1.85. The van der Waals surface area contributed by atoms with Crippen molar-refractivity contribution in [2.75, 3.05) is 17.8 Å². The van der Waals surface area contributed by atoms with Crippen LogP contribution in [0.25, 0.3) is 6.08 Å². The number of benzene rings is 2. The van der Waals surface area contributed by atoms with Crippen molar-refractivity contribution >= 4 is 46.5 Å². The molecule has 1 heterocycles. The van der Waals surface area contributed by atoms with Crippen LogP contribution >= 0.6 is 11.8 Å². The fourth-order valence-electron chi connectivity index (χ4n) is 3.30. The minimum Gasteiger partial charge on any atom is -0.497 e. The normalized spacial score (nSPS) is 14.5. The second-order valence-electron chi connectivity index (χ2n) is 8.55. The van der Waals surface area contributed by atoms with Crippen LogP contribution in [-0.2, 0) is 9.59 Å². The number of nitrogens with one attached hydrogen (secondary N) is 2. The molecule has 2 aromatic rings. The third kappa shape index (κ3) is 6.95. The van der Waals surface area contributed by atoms with E-state index in [9.17, 15) is 14.4 Å². The van der Waals surface area contributed by atoms with E-state index < -0.39 is 11.9 Å². The lowest BCUT2D eigenvalue weighted by molar-refractivity contribution is -0.117. The molecule has 184 valence electrons. The van der Waals surface area contributed by atoms with Gasteiger partial charge in [0.15, 0.2) is 5.17 Å². The van der Waals surface area contributed by atoms with Gasteiger partial charge < -0.3 is 10.1 Å². The number of anilines is 1. The number of rotatable bonds is 7. The average Bonchev–Trinajstić information content (AvgIpc) is 3.12. The molecule has 9 heteroatoms. The molecule has 0 bridgehead atoms. The van der Waals surface area contributed by atoms with Crippen LogP contribution in [0.5, 0.6) is 5.75 Å². The third-order valence-electron chi connectivity index (χ3n) is 5.05. The van der Waals surface area contributed by atoms with E-state index in [1.54, 1.807) is 51.3 Å². The van der Waals surface area contributed by atoms with Crippen molar-refractivity contribution < 1.29 is 19.1 Å². The maximum Gasteiger partial charge on any atom is 0.321 e. The molecule has 2 N–H and O–H groups in total. The number of carbonyl (C=O) groups is 3. The van der Waals surface area contributed by atoms with E-state index >= 15 is 0 Å². The van der Waals surface area contributed by atoms with Gasteiger partial charge in [0.25, 0.3) is 5.91 Å². The third-order valence-corrected chi connectivity index (χ3v) is 5.99. The molecule has 2 aromatic carbocycles. The predicted octanol–water partition coefficient (Wildman–Crippen LogP) is 4.53. The monoisotopic (exact) mass is 494 g/mol. The van der Waals surface area contributed by atoms with Gasteiger partial charge >= 0.3 is 6.03 Å². The van der Waals surface area contributed by atoms with Gasteiger partial charge in [-0.05, 0) is 49.1 Å². The fraction of sp³-hybridized carbons (Fsp3) is 0.308. The minimum absolute atomic E-state index is 0.0888. The second-order valence-corrected chi connectivity index (χ2v) is 9.49. The van der Waals surface area contributed by atoms with Crippen molar-refractivity contribution in [3.05, 3.63) is 65.4 Å². The highest BCUT2D eigenvalue weighted by molar-refractivity contribution is 8.14. The first kappa shape index (κ1) is 26.0. The smallest absolute Gasteiger partial charge is 0.321 e. The van der Waals surface area contributed by atoms with Crippen molar-refractivity contribution in [2.24, 2.45) is 4.99 Å². The number of thioether (sulfide) groups is 1. The fourth-order valence-corrected chi connectivity index (χ4v) is 4.11. The van der Waals surface area contributed by atoms with Crippen LogP contribution < -0.4 is 20.3 Å². The first-order chi connectivity index (χ1) is 16.7. The van der Waals surface area contributed by atoms with Crippen molar-refractivity contribution in [3.63, 3.8) is 0 Å². The number of nitrogens with zero attached hydrogens (tertiary/aromatic N) is 2. The van der Waals surface area contributed by atoms with E-state index in [0.29, 0.717) is 22.5 Å². The molecular weight excluding hydrogens is 464 g/mol. The number of hydrogen-bond acceptors (Lipinski definition) is 6. The standard InChI is InChI=1S/C26H30N4O4S/c1-16(2)19-11-9-18(10-12-19)13-22-24(32)30(20-7-6-8-21(14-20)34-5)26(28-22)35-15-23(31)29-25(33)27-17(3)4/h6-14,16-17H,15H2,1-5H3,(H2,27,29,31,33)/b22-13+. The van der Waals surface area contributed by atoms with Crippen molar-refractivity contribution in [1.82, 2.24) is 10.6 Å². The van der Waals surface area contributed by atoms with Crippen LogP contribution in [0.2, 0.25) is 0 Å². The Morgan fingerprint density at radius 2 is 1.83 bits per heavy atom. The number of ether oxygens (including phenoxy) is 1. The number of methoxy groups -OCH3 is 1. The van der Waals surface area contributed by atoms with Crippen LogP contribution in [0, 0.1) is 0 Å². The topological polar surface area (TPSA) is 100 Å². The SMILES string of the molecule is COc1cccc(N2C(=O)/C(=C\c3ccc(C(C)C)cc3)N=C2SCC(=O)NC(=O)NC(C)C)c1. The molecule has 0 spiro atoms. The summed E-state index contributed by atoms with van der Waals surface area (Å²) in [5.74, 6) is 0.101. The summed E-state index contributed by atoms with van der Waals surface area (Å²) in [6.45, 7) is 7.84. The number of urea groups is 1. The van der Waals surface area contributed by atoms with Crippen LogP contribution in [0.4, 0.5) is 10.5 Å². The molecule has 1 aliphatic heterocycles. The summed E-state index contributed by atoms with van der Waals surface area (Å²) in [4.78, 5) is 43.5. The van der Waals surface area contributed by atoms with Gasteiger partial charge in [-0.25, -0.2) is 9.79 Å². The van der Waals surface area contributed by atoms with Crippen LogP contribution in [-0.4, -0.2) is 41.9 Å². The molecule has 8 nitrogen and oxygen atoms in total. The van der Waals surface area contributed by atoms with E-state index in [4.69, 9.17) is 4.74 Å². The summed E-state index contributed by atoms with van der Waals surface area (Å²) in [6, 6.07) is 14.4. The van der Waals surface area contributed by atoms with Crippen LogP contribution in [0.15, 0.2) is 59.2 Å². The van der Waals surface area contributed by atoms with E-state index in [1.165, 1.54) is 10.5 Å². The summed E-state index contributed by atoms with van der Waals surface area (Å²) in [7, 11) is 1.55. The van der Waals surface area contributed by atoms with E-state index in [2.05, 4.69) is 29.5 Å². The largest absolute Gasteiger partial charge is 0.497 e. The molecule has 0 atom stereocenters. The van der Waals surface area contributed by atoms with Crippen LogP contribution in [0.3, 0.4) is 0 Å². The van der Waals surface area contributed by atoms with Gasteiger partial charge in [-0.1, -0.05) is 55.9 Å².